The molecule has 0 unspecified atom stereocenters. The molecule has 0 amide bonds. The highest BCUT2D eigenvalue weighted by Crippen LogP contribution is 2.63. The van der Waals surface area contributed by atoms with Crippen LogP contribution in [0.3, 0.4) is 0 Å². The molecule has 10 aromatic rings. The lowest BCUT2D eigenvalue weighted by Gasteiger charge is -2.39. The molecule has 3 heterocycles. The molecule has 0 bridgehead atoms. The van der Waals surface area contributed by atoms with Gasteiger partial charge in [-0.25, -0.2) is 9.97 Å². The largest absolute Gasteiger partial charge is 0.457 e. The van der Waals surface area contributed by atoms with Crippen molar-refractivity contribution >= 4 is 21.8 Å². The van der Waals surface area contributed by atoms with Crippen LogP contribution in [-0.4, -0.2) is 14.5 Å². The van der Waals surface area contributed by atoms with Crippen molar-refractivity contribution in [3.8, 4) is 62.2 Å². The molecule has 57 heavy (non-hydrogen) atoms. The number of benzene rings is 8. The zero-order chi connectivity index (χ0) is 37.5. The molecule has 1 aliphatic carbocycles. The highest BCUT2D eigenvalue weighted by atomic mass is 16.5. The maximum atomic E-state index is 6.73. The summed E-state index contributed by atoms with van der Waals surface area (Å²) in [7, 11) is 0. The smallest absolute Gasteiger partial charge is 0.160 e. The van der Waals surface area contributed by atoms with Crippen molar-refractivity contribution < 1.29 is 4.74 Å². The van der Waals surface area contributed by atoms with E-state index in [2.05, 4.69) is 180 Å². The van der Waals surface area contributed by atoms with E-state index in [0.717, 1.165) is 56.4 Å². The van der Waals surface area contributed by atoms with Crippen LogP contribution in [0.1, 0.15) is 22.3 Å². The Bertz CT molecular complexity index is 3060. The number of aromatic nitrogens is 3. The summed E-state index contributed by atoms with van der Waals surface area (Å²) >= 11 is 0. The molecule has 2 aliphatic rings. The van der Waals surface area contributed by atoms with Crippen LogP contribution in [0.5, 0.6) is 11.5 Å². The van der Waals surface area contributed by atoms with Crippen molar-refractivity contribution in [3.05, 3.63) is 222 Å². The molecule has 4 heteroatoms. The third-order valence-electron chi connectivity index (χ3n) is 11.9. The van der Waals surface area contributed by atoms with Gasteiger partial charge in [-0.15, -0.1) is 0 Å². The molecule has 1 aliphatic heterocycles. The lowest BCUT2D eigenvalue weighted by atomic mass is 9.66. The highest BCUT2D eigenvalue weighted by Gasteiger charge is 2.52. The highest BCUT2D eigenvalue weighted by molar-refractivity contribution is 6.09. The normalized spacial score (nSPS) is 13.2. The molecular formula is C53H33N3O. The topological polar surface area (TPSA) is 39.9 Å². The molecule has 0 saturated carbocycles. The third-order valence-corrected chi connectivity index (χ3v) is 11.9. The minimum atomic E-state index is -0.668. The number of hydrogen-bond acceptors (Lipinski definition) is 3. The number of hydrogen-bond donors (Lipinski definition) is 0. The quantitative estimate of drug-likeness (QED) is 0.181. The first-order valence-electron chi connectivity index (χ1n) is 19.4. The average Bonchev–Trinajstić information content (AvgIpc) is 3.77. The number of para-hydroxylation sites is 4. The van der Waals surface area contributed by atoms with Crippen LogP contribution >= 0.6 is 0 Å². The second-order valence-electron chi connectivity index (χ2n) is 14.9. The molecule has 0 N–H and O–H groups in total. The zero-order valence-electron chi connectivity index (χ0n) is 30.8. The van der Waals surface area contributed by atoms with Gasteiger partial charge in [0.1, 0.15) is 11.5 Å². The van der Waals surface area contributed by atoms with Crippen LogP contribution in [0, 0.1) is 0 Å². The van der Waals surface area contributed by atoms with Crippen LogP contribution in [0.2, 0.25) is 0 Å². The van der Waals surface area contributed by atoms with Gasteiger partial charge in [0.25, 0.3) is 0 Å². The summed E-state index contributed by atoms with van der Waals surface area (Å²) in [5, 5.41) is 2.48. The number of rotatable bonds is 4. The number of fused-ring (bicyclic) bond motifs is 12. The third kappa shape index (κ3) is 4.56. The van der Waals surface area contributed by atoms with E-state index in [1.807, 2.05) is 24.3 Å². The first kappa shape index (κ1) is 31.8. The SMILES string of the molecule is c1ccc(-c2cc(-c3cccc4c3-c3ccc(-n5c6ccccc6c6ccccc65)cc3C43c4ccccc4Oc4ccccc43)nc(-c3ccccc3)n2)cc1. The van der Waals surface area contributed by atoms with Gasteiger partial charge in [0, 0.05) is 44.3 Å². The summed E-state index contributed by atoms with van der Waals surface area (Å²) in [5.74, 6) is 2.42. The number of ether oxygens (including phenoxy) is 1. The molecule has 0 fully saturated rings. The van der Waals surface area contributed by atoms with Gasteiger partial charge in [-0.2, -0.15) is 0 Å². The summed E-state index contributed by atoms with van der Waals surface area (Å²) in [4.78, 5) is 10.5. The molecule has 0 atom stereocenters. The van der Waals surface area contributed by atoms with Crippen LogP contribution < -0.4 is 4.74 Å². The zero-order valence-corrected chi connectivity index (χ0v) is 30.8. The van der Waals surface area contributed by atoms with E-state index in [0.29, 0.717) is 5.82 Å². The molecule has 266 valence electrons. The Morgan fingerprint density at radius 3 is 1.65 bits per heavy atom. The first-order chi connectivity index (χ1) is 28.3. The van der Waals surface area contributed by atoms with E-state index >= 15 is 0 Å². The Balaban J connectivity index is 1.19. The van der Waals surface area contributed by atoms with Gasteiger partial charge in [-0.1, -0.05) is 158 Å². The van der Waals surface area contributed by atoms with E-state index in [9.17, 15) is 0 Å². The van der Waals surface area contributed by atoms with Gasteiger partial charge >= 0.3 is 0 Å². The maximum Gasteiger partial charge on any atom is 0.160 e. The van der Waals surface area contributed by atoms with Crippen molar-refractivity contribution in [1.82, 2.24) is 14.5 Å². The Kier molecular flexibility index (Phi) is 6.81. The van der Waals surface area contributed by atoms with E-state index in [1.54, 1.807) is 0 Å². The molecule has 12 rings (SSSR count). The first-order valence-corrected chi connectivity index (χ1v) is 19.4. The fourth-order valence-electron chi connectivity index (χ4n) is 9.55. The average molecular weight is 728 g/mol. The van der Waals surface area contributed by atoms with E-state index < -0.39 is 5.41 Å². The van der Waals surface area contributed by atoms with Gasteiger partial charge in [0.05, 0.1) is 27.8 Å². The van der Waals surface area contributed by atoms with Gasteiger partial charge in [-0.3, -0.25) is 0 Å². The minimum absolute atomic E-state index is 0.668. The summed E-state index contributed by atoms with van der Waals surface area (Å²) in [6.45, 7) is 0. The number of nitrogens with zero attached hydrogens (tertiary/aromatic N) is 3. The molecule has 8 aromatic carbocycles. The standard InChI is InChI=1S/C53H33N3O/c1-3-16-34(17-4-1)45-33-46(55-52(54-45)35-18-5-2-6-19-35)40-22-15-25-43-51(40)39-31-30-36(56-47-26-11-7-20-37(47)38-21-8-12-27-48(38)56)32-44(39)53(43)41-23-9-13-28-49(41)57-50-29-14-10-24-42(50)53/h1-33H. The summed E-state index contributed by atoms with van der Waals surface area (Å²) in [6.07, 6.45) is 0. The second-order valence-corrected chi connectivity index (χ2v) is 14.9. The van der Waals surface area contributed by atoms with E-state index in [1.165, 1.54) is 44.1 Å². The van der Waals surface area contributed by atoms with Crippen molar-refractivity contribution in [2.24, 2.45) is 0 Å². The van der Waals surface area contributed by atoms with E-state index in [4.69, 9.17) is 14.7 Å². The predicted molar refractivity (Wildman–Crippen MR) is 230 cm³/mol. The lowest BCUT2D eigenvalue weighted by molar-refractivity contribution is 0.436. The van der Waals surface area contributed by atoms with Crippen LogP contribution in [0.4, 0.5) is 0 Å². The van der Waals surface area contributed by atoms with Crippen LogP contribution in [0.15, 0.2) is 200 Å². The Morgan fingerprint density at radius 2 is 0.965 bits per heavy atom. The Labute approximate surface area is 330 Å². The van der Waals surface area contributed by atoms with E-state index in [-0.39, 0.29) is 0 Å². The molecule has 0 radical (unpaired) electrons. The molecule has 1 spiro atoms. The summed E-state index contributed by atoms with van der Waals surface area (Å²) in [5.41, 5.74) is 14.7. The monoisotopic (exact) mass is 727 g/mol. The van der Waals surface area contributed by atoms with Crippen molar-refractivity contribution in [3.63, 3.8) is 0 Å². The van der Waals surface area contributed by atoms with Gasteiger partial charge in [-0.05, 0) is 64.7 Å². The van der Waals surface area contributed by atoms with Crippen LogP contribution in [-0.2, 0) is 5.41 Å². The second kappa shape index (κ2) is 12.2. The Morgan fingerprint density at radius 1 is 0.404 bits per heavy atom. The molecule has 0 saturated heterocycles. The van der Waals surface area contributed by atoms with Crippen molar-refractivity contribution in [2.75, 3.05) is 0 Å². The molecule has 2 aromatic heterocycles. The Hall–Kier alpha value is -7.56. The van der Waals surface area contributed by atoms with Gasteiger partial charge < -0.3 is 9.30 Å². The maximum absolute atomic E-state index is 6.73. The van der Waals surface area contributed by atoms with Gasteiger partial charge in [0.2, 0.25) is 0 Å². The fraction of sp³-hybridized carbons (Fsp3) is 0.0189. The molecular weight excluding hydrogens is 695 g/mol. The van der Waals surface area contributed by atoms with Crippen molar-refractivity contribution in [2.45, 2.75) is 5.41 Å². The van der Waals surface area contributed by atoms with Crippen molar-refractivity contribution in [1.29, 1.82) is 0 Å². The fourth-order valence-corrected chi connectivity index (χ4v) is 9.55. The van der Waals surface area contributed by atoms with Gasteiger partial charge in [0.15, 0.2) is 5.82 Å². The molecule has 4 nitrogen and oxygen atoms in total. The van der Waals surface area contributed by atoms with Crippen LogP contribution in [0.25, 0.3) is 72.5 Å². The summed E-state index contributed by atoms with van der Waals surface area (Å²) in [6, 6.07) is 71.2. The minimum Gasteiger partial charge on any atom is -0.457 e. The summed E-state index contributed by atoms with van der Waals surface area (Å²) < 4.78 is 9.15. The lowest BCUT2D eigenvalue weighted by Crippen LogP contribution is -2.32. The predicted octanol–water partition coefficient (Wildman–Crippen LogP) is 13.0.